The first-order valence-corrected chi connectivity index (χ1v) is 7.82. The molecular formula is C11H14BrNO7S. The SMILES string of the molecule is COc1cc(Br)c(S(=O)(=O)N[C@H](CO)C(=O)O)cc1OC. The summed E-state index contributed by atoms with van der Waals surface area (Å²) in [5, 5.41) is 17.7. The largest absolute Gasteiger partial charge is 0.493 e. The van der Waals surface area contributed by atoms with E-state index in [0.29, 0.717) is 5.75 Å². The zero-order valence-corrected chi connectivity index (χ0v) is 13.6. The number of benzene rings is 1. The van der Waals surface area contributed by atoms with Gasteiger partial charge >= 0.3 is 5.97 Å². The fourth-order valence-corrected chi connectivity index (χ4v) is 3.67. The van der Waals surface area contributed by atoms with Crippen molar-refractivity contribution in [3.8, 4) is 11.5 Å². The Morgan fingerprint density at radius 2 is 1.86 bits per heavy atom. The molecule has 0 aliphatic carbocycles. The molecule has 10 heteroatoms. The lowest BCUT2D eigenvalue weighted by Crippen LogP contribution is -2.43. The molecule has 0 unspecified atom stereocenters. The number of carboxylic acid groups (broad SMARTS) is 1. The maximum absolute atomic E-state index is 12.2. The van der Waals surface area contributed by atoms with Crippen LogP contribution in [0, 0.1) is 0 Å². The van der Waals surface area contributed by atoms with E-state index in [2.05, 4.69) is 15.9 Å². The molecule has 0 aliphatic heterocycles. The number of aliphatic carboxylic acids is 1. The molecule has 3 N–H and O–H groups in total. The first kappa shape index (κ1) is 17.7. The van der Waals surface area contributed by atoms with E-state index in [0.717, 1.165) is 0 Å². The van der Waals surface area contributed by atoms with Crippen LogP contribution in [0.5, 0.6) is 11.5 Å². The summed E-state index contributed by atoms with van der Waals surface area (Å²) in [6, 6.07) is 0.916. The number of carboxylic acids is 1. The number of hydrogen-bond acceptors (Lipinski definition) is 6. The molecule has 8 nitrogen and oxygen atoms in total. The van der Waals surface area contributed by atoms with Crippen molar-refractivity contribution >= 4 is 31.9 Å². The van der Waals surface area contributed by atoms with Crippen molar-refractivity contribution in [3.05, 3.63) is 16.6 Å². The van der Waals surface area contributed by atoms with Crippen LogP contribution in [0.15, 0.2) is 21.5 Å². The Kier molecular flexibility index (Phi) is 5.96. The molecular weight excluding hydrogens is 370 g/mol. The second kappa shape index (κ2) is 7.07. The predicted octanol–water partition coefficient (Wildman–Crippen LogP) is 0.190. The summed E-state index contributed by atoms with van der Waals surface area (Å²) in [6.45, 7) is -0.876. The van der Waals surface area contributed by atoms with Crippen LogP contribution in [0.1, 0.15) is 0 Å². The molecule has 1 aromatic carbocycles. The molecule has 0 amide bonds. The van der Waals surface area contributed by atoms with E-state index in [1.807, 2.05) is 4.72 Å². The van der Waals surface area contributed by atoms with Gasteiger partial charge in [-0.15, -0.1) is 0 Å². The molecule has 0 spiro atoms. The molecule has 0 aliphatic rings. The highest BCUT2D eigenvalue weighted by Crippen LogP contribution is 2.35. The summed E-state index contributed by atoms with van der Waals surface area (Å²) in [7, 11) is -1.45. The summed E-state index contributed by atoms with van der Waals surface area (Å²) >= 11 is 3.07. The van der Waals surface area contributed by atoms with Gasteiger partial charge < -0.3 is 19.7 Å². The number of hydrogen-bond donors (Lipinski definition) is 3. The second-order valence-electron chi connectivity index (χ2n) is 3.83. The minimum Gasteiger partial charge on any atom is -0.493 e. The number of nitrogens with one attached hydrogen (secondary N) is 1. The fourth-order valence-electron chi connectivity index (χ4n) is 1.46. The molecule has 0 saturated heterocycles. The summed E-state index contributed by atoms with van der Waals surface area (Å²) < 4.78 is 36.4. The van der Waals surface area contributed by atoms with Gasteiger partial charge in [-0.05, 0) is 22.0 Å². The third-order valence-corrected chi connectivity index (χ3v) is 4.94. The molecule has 1 rings (SSSR count). The van der Waals surface area contributed by atoms with E-state index < -0.39 is 28.6 Å². The maximum atomic E-state index is 12.2. The molecule has 0 bridgehead atoms. The van der Waals surface area contributed by atoms with Crippen LogP contribution in [-0.2, 0) is 14.8 Å². The van der Waals surface area contributed by atoms with Crippen LogP contribution in [0.25, 0.3) is 0 Å². The molecule has 0 heterocycles. The molecule has 21 heavy (non-hydrogen) atoms. The van der Waals surface area contributed by atoms with Crippen LogP contribution in [-0.4, -0.2) is 51.5 Å². The number of aliphatic hydroxyl groups is 1. The van der Waals surface area contributed by atoms with Gasteiger partial charge in [-0.2, -0.15) is 4.72 Å². The Morgan fingerprint density at radius 1 is 1.33 bits per heavy atom. The quantitative estimate of drug-likeness (QED) is 0.614. The lowest BCUT2D eigenvalue weighted by molar-refractivity contribution is -0.139. The number of carbonyl (C=O) groups is 1. The number of aliphatic hydroxyl groups excluding tert-OH is 1. The normalized spacial score (nSPS) is 12.8. The van der Waals surface area contributed by atoms with Gasteiger partial charge in [-0.3, -0.25) is 4.79 Å². The lowest BCUT2D eigenvalue weighted by atomic mass is 10.3. The van der Waals surface area contributed by atoms with Gasteiger partial charge in [-0.25, -0.2) is 8.42 Å². The number of rotatable bonds is 7. The van der Waals surface area contributed by atoms with Gasteiger partial charge in [0.1, 0.15) is 10.9 Å². The summed E-state index contributed by atoms with van der Waals surface area (Å²) in [6.07, 6.45) is 0. The van der Waals surface area contributed by atoms with E-state index in [9.17, 15) is 13.2 Å². The van der Waals surface area contributed by atoms with Gasteiger partial charge in [0.25, 0.3) is 0 Å². The summed E-state index contributed by atoms with van der Waals surface area (Å²) in [5.41, 5.74) is 0. The number of halogens is 1. The molecule has 118 valence electrons. The molecule has 1 atom stereocenters. The Morgan fingerprint density at radius 3 is 2.29 bits per heavy atom. The average Bonchev–Trinajstić information content (AvgIpc) is 2.43. The van der Waals surface area contributed by atoms with E-state index in [-0.39, 0.29) is 15.1 Å². The standard InChI is InChI=1S/C11H14BrNO7S/c1-19-8-3-6(12)10(4-9(8)20-2)21(17,18)13-7(5-14)11(15)16/h3-4,7,13-14H,5H2,1-2H3,(H,15,16)/t7-/m1/s1. The number of ether oxygens (including phenoxy) is 2. The molecule has 0 radical (unpaired) electrons. The Balaban J connectivity index is 3.28. The summed E-state index contributed by atoms with van der Waals surface area (Å²) in [5.74, 6) is -1.02. The average molecular weight is 384 g/mol. The van der Waals surface area contributed by atoms with Gasteiger partial charge in [0.2, 0.25) is 10.0 Å². The van der Waals surface area contributed by atoms with Crippen molar-refractivity contribution in [2.75, 3.05) is 20.8 Å². The van der Waals surface area contributed by atoms with E-state index in [1.165, 1.54) is 26.4 Å². The first-order valence-electron chi connectivity index (χ1n) is 5.54. The molecule has 0 fully saturated rings. The third-order valence-electron chi connectivity index (χ3n) is 2.51. The van der Waals surface area contributed by atoms with Crippen LogP contribution in [0.4, 0.5) is 0 Å². The van der Waals surface area contributed by atoms with Crippen molar-refractivity contribution in [1.82, 2.24) is 4.72 Å². The van der Waals surface area contributed by atoms with Gasteiger partial charge in [0.05, 0.1) is 20.8 Å². The summed E-state index contributed by atoms with van der Waals surface area (Å²) in [4.78, 5) is 10.6. The van der Waals surface area contributed by atoms with Crippen molar-refractivity contribution in [3.63, 3.8) is 0 Å². The zero-order valence-electron chi connectivity index (χ0n) is 11.2. The van der Waals surface area contributed by atoms with Crippen LogP contribution in [0.2, 0.25) is 0 Å². The van der Waals surface area contributed by atoms with E-state index in [4.69, 9.17) is 19.7 Å². The highest BCUT2D eigenvalue weighted by molar-refractivity contribution is 9.10. The highest BCUT2D eigenvalue weighted by atomic mass is 79.9. The Labute approximate surface area is 129 Å². The van der Waals surface area contributed by atoms with Crippen molar-refractivity contribution < 1.29 is 32.9 Å². The maximum Gasteiger partial charge on any atom is 0.324 e. The van der Waals surface area contributed by atoms with Crippen molar-refractivity contribution in [1.29, 1.82) is 0 Å². The Hall–Kier alpha value is -1.36. The predicted molar refractivity (Wildman–Crippen MR) is 76.1 cm³/mol. The second-order valence-corrected chi connectivity index (χ2v) is 6.37. The third kappa shape index (κ3) is 4.06. The highest BCUT2D eigenvalue weighted by Gasteiger charge is 2.27. The molecule has 0 saturated carbocycles. The smallest absolute Gasteiger partial charge is 0.324 e. The number of sulfonamides is 1. The van der Waals surface area contributed by atoms with Gasteiger partial charge in [0.15, 0.2) is 11.5 Å². The fraction of sp³-hybridized carbons (Fsp3) is 0.364. The van der Waals surface area contributed by atoms with Crippen LogP contribution >= 0.6 is 15.9 Å². The van der Waals surface area contributed by atoms with E-state index in [1.54, 1.807) is 0 Å². The molecule has 0 aromatic heterocycles. The van der Waals surface area contributed by atoms with Crippen molar-refractivity contribution in [2.24, 2.45) is 0 Å². The first-order chi connectivity index (χ1) is 9.76. The van der Waals surface area contributed by atoms with Crippen molar-refractivity contribution in [2.45, 2.75) is 10.9 Å². The van der Waals surface area contributed by atoms with Gasteiger partial charge in [0, 0.05) is 10.5 Å². The zero-order chi connectivity index (χ0) is 16.2. The van der Waals surface area contributed by atoms with Crippen LogP contribution < -0.4 is 14.2 Å². The van der Waals surface area contributed by atoms with Crippen LogP contribution in [0.3, 0.4) is 0 Å². The monoisotopic (exact) mass is 383 g/mol. The molecule has 1 aromatic rings. The Bertz CT molecular complexity index is 632. The minimum absolute atomic E-state index is 0.162. The minimum atomic E-state index is -4.18. The van der Waals surface area contributed by atoms with Gasteiger partial charge in [-0.1, -0.05) is 0 Å². The van der Waals surface area contributed by atoms with E-state index >= 15 is 0 Å². The topological polar surface area (TPSA) is 122 Å². The number of methoxy groups -OCH3 is 2. The lowest BCUT2D eigenvalue weighted by Gasteiger charge is -2.15.